The third-order valence-electron chi connectivity index (χ3n) is 2.96. The first kappa shape index (κ1) is 10.3. The zero-order valence-electron chi connectivity index (χ0n) is 8.88. The SMILES string of the molecule is FC(F)[C@@H]1C[C@H](c2ccco2)Nc2ccnn21. The van der Waals surface area contributed by atoms with Crippen LogP contribution >= 0.6 is 0 Å². The normalized spacial score (nSPS) is 23.5. The molecule has 0 spiro atoms. The number of nitrogens with one attached hydrogen (secondary N) is 1. The van der Waals surface area contributed by atoms with Gasteiger partial charge in [-0.2, -0.15) is 5.10 Å². The highest BCUT2D eigenvalue weighted by Crippen LogP contribution is 2.37. The van der Waals surface area contributed by atoms with Crippen molar-refractivity contribution in [3.63, 3.8) is 0 Å². The van der Waals surface area contributed by atoms with Gasteiger partial charge in [-0.15, -0.1) is 0 Å². The number of rotatable bonds is 2. The first-order chi connectivity index (χ1) is 8.25. The van der Waals surface area contributed by atoms with Gasteiger partial charge < -0.3 is 9.73 Å². The molecule has 0 aromatic carbocycles. The van der Waals surface area contributed by atoms with Crippen molar-refractivity contribution in [2.24, 2.45) is 0 Å². The molecule has 2 aromatic heterocycles. The summed E-state index contributed by atoms with van der Waals surface area (Å²) in [6.45, 7) is 0. The van der Waals surface area contributed by atoms with E-state index in [1.54, 1.807) is 24.5 Å². The van der Waals surface area contributed by atoms with E-state index >= 15 is 0 Å². The lowest BCUT2D eigenvalue weighted by Gasteiger charge is -2.30. The lowest BCUT2D eigenvalue weighted by molar-refractivity contribution is 0.0645. The number of fused-ring (bicyclic) bond motifs is 1. The Labute approximate surface area is 96.2 Å². The fraction of sp³-hybridized carbons (Fsp3) is 0.364. The average molecular weight is 239 g/mol. The highest BCUT2D eigenvalue weighted by Gasteiger charge is 2.34. The first-order valence-electron chi connectivity index (χ1n) is 5.37. The molecule has 0 fully saturated rings. The smallest absolute Gasteiger partial charge is 0.260 e. The summed E-state index contributed by atoms with van der Waals surface area (Å²) in [7, 11) is 0. The van der Waals surface area contributed by atoms with Crippen molar-refractivity contribution in [2.75, 3.05) is 5.32 Å². The molecule has 2 aromatic rings. The van der Waals surface area contributed by atoms with Crippen LogP contribution in [0.2, 0.25) is 0 Å². The molecule has 4 nitrogen and oxygen atoms in total. The largest absolute Gasteiger partial charge is 0.467 e. The molecule has 0 radical (unpaired) electrons. The maximum Gasteiger partial charge on any atom is 0.260 e. The van der Waals surface area contributed by atoms with Gasteiger partial charge in [-0.1, -0.05) is 0 Å². The van der Waals surface area contributed by atoms with Crippen LogP contribution in [0.15, 0.2) is 35.1 Å². The quantitative estimate of drug-likeness (QED) is 0.876. The maximum absolute atomic E-state index is 13.0. The van der Waals surface area contributed by atoms with Crippen LogP contribution in [0.5, 0.6) is 0 Å². The molecular formula is C11H11F2N3O. The lowest BCUT2D eigenvalue weighted by Crippen LogP contribution is -2.30. The third kappa shape index (κ3) is 1.69. The van der Waals surface area contributed by atoms with Crippen LogP contribution in [0, 0.1) is 0 Å². The van der Waals surface area contributed by atoms with Gasteiger partial charge in [0.1, 0.15) is 17.6 Å². The molecule has 3 heterocycles. The Kier molecular flexibility index (Phi) is 2.35. The molecule has 1 aliphatic rings. The van der Waals surface area contributed by atoms with Gasteiger partial charge in [0.15, 0.2) is 0 Å². The van der Waals surface area contributed by atoms with E-state index < -0.39 is 12.5 Å². The number of halogens is 2. The number of nitrogens with zero attached hydrogens (tertiary/aromatic N) is 2. The fourth-order valence-corrected chi connectivity index (χ4v) is 2.16. The number of aromatic nitrogens is 2. The molecule has 6 heteroatoms. The molecule has 17 heavy (non-hydrogen) atoms. The van der Waals surface area contributed by atoms with E-state index in [-0.39, 0.29) is 12.5 Å². The number of hydrogen-bond donors (Lipinski definition) is 1. The third-order valence-corrected chi connectivity index (χ3v) is 2.96. The number of hydrogen-bond acceptors (Lipinski definition) is 3. The van der Waals surface area contributed by atoms with Crippen LogP contribution in [-0.2, 0) is 0 Å². The minimum absolute atomic E-state index is 0.229. The molecule has 0 amide bonds. The molecule has 1 N–H and O–H groups in total. The van der Waals surface area contributed by atoms with E-state index in [9.17, 15) is 8.78 Å². The summed E-state index contributed by atoms with van der Waals surface area (Å²) in [5.74, 6) is 1.27. The van der Waals surface area contributed by atoms with Crippen molar-refractivity contribution in [1.29, 1.82) is 0 Å². The van der Waals surface area contributed by atoms with E-state index in [1.165, 1.54) is 10.9 Å². The zero-order valence-corrected chi connectivity index (χ0v) is 8.88. The van der Waals surface area contributed by atoms with Gasteiger partial charge in [0.05, 0.1) is 18.5 Å². The van der Waals surface area contributed by atoms with Crippen LogP contribution in [-0.4, -0.2) is 16.2 Å². The van der Waals surface area contributed by atoms with Crippen molar-refractivity contribution in [3.05, 3.63) is 36.4 Å². The minimum Gasteiger partial charge on any atom is -0.467 e. The van der Waals surface area contributed by atoms with Gasteiger partial charge in [0, 0.05) is 12.5 Å². The van der Waals surface area contributed by atoms with E-state index in [2.05, 4.69) is 10.4 Å². The fourth-order valence-electron chi connectivity index (χ4n) is 2.16. The van der Waals surface area contributed by atoms with Crippen LogP contribution in [0.4, 0.5) is 14.6 Å². The first-order valence-corrected chi connectivity index (χ1v) is 5.37. The van der Waals surface area contributed by atoms with Crippen molar-refractivity contribution in [3.8, 4) is 0 Å². The summed E-state index contributed by atoms with van der Waals surface area (Å²) in [6, 6.07) is 4.08. The van der Waals surface area contributed by atoms with Crippen molar-refractivity contribution in [1.82, 2.24) is 9.78 Å². The summed E-state index contributed by atoms with van der Waals surface area (Å²) in [5, 5.41) is 7.06. The van der Waals surface area contributed by atoms with Crippen molar-refractivity contribution in [2.45, 2.75) is 24.9 Å². The second-order valence-electron chi connectivity index (χ2n) is 4.01. The van der Waals surface area contributed by atoms with Crippen LogP contribution < -0.4 is 5.32 Å². The monoisotopic (exact) mass is 239 g/mol. The second kappa shape index (κ2) is 3.87. The Morgan fingerprint density at radius 3 is 3.06 bits per heavy atom. The van der Waals surface area contributed by atoms with Crippen LogP contribution in [0.3, 0.4) is 0 Å². The molecule has 0 aliphatic carbocycles. The summed E-state index contributed by atoms with van der Waals surface area (Å²) >= 11 is 0. The summed E-state index contributed by atoms with van der Waals surface area (Å²) in [4.78, 5) is 0. The van der Waals surface area contributed by atoms with Gasteiger partial charge >= 0.3 is 0 Å². The molecule has 1 aliphatic heterocycles. The van der Waals surface area contributed by atoms with Gasteiger partial charge in [-0.3, -0.25) is 0 Å². The highest BCUT2D eigenvalue weighted by atomic mass is 19.3. The van der Waals surface area contributed by atoms with Gasteiger partial charge in [0.25, 0.3) is 6.43 Å². The molecule has 0 saturated heterocycles. The predicted octanol–water partition coefficient (Wildman–Crippen LogP) is 2.84. The zero-order chi connectivity index (χ0) is 11.8. The Morgan fingerprint density at radius 1 is 1.47 bits per heavy atom. The van der Waals surface area contributed by atoms with Crippen LogP contribution in [0.25, 0.3) is 0 Å². The molecular weight excluding hydrogens is 228 g/mol. The second-order valence-corrected chi connectivity index (χ2v) is 4.01. The molecule has 0 bridgehead atoms. The summed E-state index contributed by atoms with van der Waals surface area (Å²) in [6.07, 6.45) is 0.885. The van der Waals surface area contributed by atoms with Crippen molar-refractivity contribution < 1.29 is 13.2 Å². The summed E-state index contributed by atoms with van der Waals surface area (Å²) in [5.41, 5.74) is 0. The number of anilines is 1. The Bertz CT molecular complexity index is 495. The van der Waals surface area contributed by atoms with E-state index in [4.69, 9.17) is 4.42 Å². The molecule has 3 rings (SSSR count). The number of alkyl halides is 2. The maximum atomic E-state index is 13.0. The van der Waals surface area contributed by atoms with Gasteiger partial charge in [-0.05, 0) is 12.1 Å². The predicted molar refractivity (Wildman–Crippen MR) is 57.0 cm³/mol. The van der Waals surface area contributed by atoms with E-state index in [1.807, 2.05) is 0 Å². The van der Waals surface area contributed by atoms with Gasteiger partial charge in [-0.25, -0.2) is 13.5 Å². The molecule has 90 valence electrons. The molecule has 0 unspecified atom stereocenters. The topological polar surface area (TPSA) is 43.0 Å². The van der Waals surface area contributed by atoms with E-state index in [0.29, 0.717) is 11.6 Å². The Balaban J connectivity index is 1.94. The molecule has 2 atom stereocenters. The minimum atomic E-state index is -2.44. The summed E-state index contributed by atoms with van der Waals surface area (Å²) < 4.78 is 32.5. The van der Waals surface area contributed by atoms with Crippen molar-refractivity contribution >= 4 is 5.82 Å². The highest BCUT2D eigenvalue weighted by molar-refractivity contribution is 5.39. The van der Waals surface area contributed by atoms with Gasteiger partial charge in [0.2, 0.25) is 0 Å². The Morgan fingerprint density at radius 2 is 2.35 bits per heavy atom. The molecule has 0 saturated carbocycles. The van der Waals surface area contributed by atoms with Crippen LogP contribution in [0.1, 0.15) is 24.3 Å². The average Bonchev–Trinajstić information content (AvgIpc) is 2.98. The standard InChI is InChI=1S/C11H11F2N3O/c12-11(13)8-6-7(9-2-1-5-17-9)15-10-3-4-14-16(8)10/h1-5,7-8,11,15H,6H2/t7-,8+/m1/s1. The lowest BCUT2D eigenvalue weighted by atomic mass is 10.0. The Hall–Kier alpha value is -1.85. The number of furan rings is 1. The van der Waals surface area contributed by atoms with E-state index in [0.717, 1.165) is 0 Å².